The molecule has 1 N–H and O–H groups in total. The molecule has 0 saturated heterocycles. The molecule has 128 valence electrons. The standard InChI is InChI=1S/C19H16Cl2N2O2/c1-11(2)17(18(24)13-8-6-12(10-22)7-9-13)23-19(25)14-4-3-5-15(20)16(14)21/h3-9,11,17H,1-2H3,(H,23,25). The van der Waals surface area contributed by atoms with Gasteiger partial charge in [-0.2, -0.15) is 5.26 Å². The molecule has 0 heterocycles. The van der Waals surface area contributed by atoms with Gasteiger partial charge >= 0.3 is 0 Å². The minimum atomic E-state index is -0.726. The zero-order chi connectivity index (χ0) is 18.6. The number of rotatable bonds is 5. The Hall–Kier alpha value is -2.35. The fourth-order valence-electron chi connectivity index (χ4n) is 2.32. The number of nitrogens with one attached hydrogen (secondary N) is 1. The van der Waals surface area contributed by atoms with Crippen LogP contribution < -0.4 is 5.32 Å². The Bertz CT molecular complexity index is 839. The number of carbonyl (C=O) groups is 2. The molecule has 0 aliphatic heterocycles. The van der Waals surface area contributed by atoms with E-state index in [0.29, 0.717) is 11.1 Å². The molecule has 0 aliphatic carbocycles. The third-order valence-corrected chi connectivity index (χ3v) is 4.55. The lowest BCUT2D eigenvalue weighted by atomic mass is 9.94. The van der Waals surface area contributed by atoms with Crippen LogP contribution in [0.5, 0.6) is 0 Å². The highest BCUT2D eigenvalue weighted by Crippen LogP contribution is 2.25. The minimum absolute atomic E-state index is 0.134. The maximum Gasteiger partial charge on any atom is 0.253 e. The summed E-state index contributed by atoms with van der Waals surface area (Å²) < 4.78 is 0. The molecule has 0 saturated carbocycles. The molecule has 6 heteroatoms. The Morgan fingerprint density at radius 3 is 2.28 bits per heavy atom. The predicted molar refractivity (Wildman–Crippen MR) is 98.0 cm³/mol. The fourth-order valence-corrected chi connectivity index (χ4v) is 2.71. The summed E-state index contributed by atoms with van der Waals surface area (Å²) in [5, 5.41) is 12.0. The van der Waals surface area contributed by atoms with Gasteiger partial charge in [-0.05, 0) is 30.2 Å². The van der Waals surface area contributed by atoms with E-state index in [2.05, 4.69) is 5.32 Å². The molecule has 1 atom stereocenters. The van der Waals surface area contributed by atoms with Gasteiger partial charge in [0.2, 0.25) is 0 Å². The average Bonchev–Trinajstić information content (AvgIpc) is 2.61. The second-order valence-corrected chi connectivity index (χ2v) is 6.64. The molecule has 1 unspecified atom stereocenters. The second-order valence-electron chi connectivity index (χ2n) is 5.85. The highest BCUT2D eigenvalue weighted by Gasteiger charge is 2.26. The number of Topliss-reactive ketones (excluding diaryl/α,β-unsaturated/α-hetero) is 1. The summed E-state index contributed by atoms with van der Waals surface area (Å²) in [6.45, 7) is 3.68. The summed E-state index contributed by atoms with van der Waals surface area (Å²) in [5.41, 5.74) is 1.11. The van der Waals surface area contributed by atoms with Crippen molar-refractivity contribution in [3.8, 4) is 6.07 Å². The van der Waals surface area contributed by atoms with E-state index in [1.165, 1.54) is 0 Å². The molecule has 0 spiro atoms. The number of hydrogen-bond acceptors (Lipinski definition) is 3. The molecule has 0 bridgehead atoms. The number of amides is 1. The number of benzene rings is 2. The van der Waals surface area contributed by atoms with E-state index in [9.17, 15) is 9.59 Å². The van der Waals surface area contributed by atoms with Crippen molar-refractivity contribution >= 4 is 34.9 Å². The lowest BCUT2D eigenvalue weighted by Crippen LogP contribution is -2.44. The molecule has 2 aromatic rings. The zero-order valence-electron chi connectivity index (χ0n) is 13.7. The summed E-state index contributed by atoms with van der Waals surface area (Å²) >= 11 is 12.0. The SMILES string of the molecule is CC(C)C(NC(=O)c1cccc(Cl)c1Cl)C(=O)c1ccc(C#N)cc1. The van der Waals surface area contributed by atoms with Gasteiger partial charge in [0.25, 0.3) is 5.91 Å². The van der Waals surface area contributed by atoms with Crippen molar-refractivity contribution in [2.24, 2.45) is 5.92 Å². The lowest BCUT2D eigenvalue weighted by molar-refractivity contribution is 0.0831. The number of halogens is 2. The van der Waals surface area contributed by atoms with Gasteiger partial charge in [-0.25, -0.2) is 0 Å². The molecule has 0 aliphatic rings. The van der Waals surface area contributed by atoms with Crippen molar-refractivity contribution in [1.82, 2.24) is 5.32 Å². The molecule has 4 nitrogen and oxygen atoms in total. The van der Waals surface area contributed by atoms with E-state index in [-0.39, 0.29) is 27.3 Å². The highest BCUT2D eigenvalue weighted by molar-refractivity contribution is 6.43. The van der Waals surface area contributed by atoms with Crippen LogP contribution in [0, 0.1) is 17.2 Å². The molecule has 0 aromatic heterocycles. The van der Waals surface area contributed by atoms with Crippen LogP contribution in [-0.4, -0.2) is 17.7 Å². The van der Waals surface area contributed by atoms with E-state index >= 15 is 0 Å². The number of carbonyl (C=O) groups excluding carboxylic acids is 2. The quantitative estimate of drug-likeness (QED) is 0.782. The van der Waals surface area contributed by atoms with Gasteiger partial charge < -0.3 is 5.32 Å². The largest absolute Gasteiger partial charge is 0.342 e. The first-order chi connectivity index (χ1) is 11.8. The van der Waals surface area contributed by atoms with Crippen molar-refractivity contribution < 1.29 is 9.59 Å². The lowest BCUT2D eigenvalue weighted by Gasteiger charge is -2.21. The number of nitrogens with zero attached hydrogens (tertiary/aromatic N) is 1. The van der Waals surface area contributed by atoms with Gasteiger partial charge in [-0.15, -0.1) is 0 Å². The third-order valence-electron chi connectivity index (χ3n) is 3.73. The van der Waals surface area contributed by atoms with Crippen molar-refractivity contribution in [2.75, 3.05) is 0 Å². The maximum absolute atomic E-state index is 12.7. The van der Waals surface area contributed by atoms with Crippen LogP contribution in [-0.2, 0) is 0 Å². The van der Waals surface area contributed by atoms with Gasteiger partial charge in [0.15, 0.2) is 5.78 Å². The van der Waals surface area contributed by atoms with E-state index < -0.39 is 11.9 Å². The summed E-state index contributed by atoms with van der Waals surface area (Å²) in [6.07, 6.45) is 0. The Balaban J connectivity index is 2.25. The van der Waals surface area contributed by atoms with Crippen LogP contribution >= 0.6 is 23.2 Å². The van der Waals surface area contributed by atoms with Crippen molar-refractivity contribution in [2.45, 2.75) is 19.9 Å². The number of hydrogen-bond donors (Lipinski definition) is 1. The Kier molecular flexibility index (Phi) is 6.19. The van der Waals surface area contributed by atoms with Crippen molar-refractivity contribution in [3.63, 3.8) is 0 Å². The Morgan fingerprint density at radius 2 is 1.72 bits per heavy atom. The summed E-state index contributed by atoms with van der Waals surface area (Å²) in [6, 6.07) is 12.3. The Labute approximate surface area is 156 Å². The van der Waals surface area contributed by atoms with Gasteiger partial charge in [0.1, 0.15) is 0 Å². The minimum Gasteiger partial charge on any atom is -0.342 e. The van der Waals surface area contributed by atoms with E-state index in [0.717, 1.165) is 0 Å². The normalized spacial score (nSPS) is 11.7. The summed E-state index contributed by atoms with van der Waals surface area (Å²) in [7, 11) is 0. The molecule has 0 radical (unpaired) electrons. The van der Waals surface area contributed by atoms with Crippen LogP contribution in [0.4, 0.5) is 0 Å². The Morgan fingerprint density at radius 1 is 1.08 bits per heavy atom. The monoisotopic (exact) mass is 374 g/mol. The average molecular weight is 375 g/mol. The maximum atomic E-state index is 12.7. The van der Waals surface area contributed by atoms with Gasteiger partial charge in [-0.1, -0.05) is 55.2 Å². The molecule has 0 fully saturated rings. The van der Waals surface area contributed by atoms with Crippen LogP contribution in [0.25, 0.3) is 0 Å². The van der Waals surface area contributed by atoms with Crippen LogP contribution in [0.15, 0.2) is 42.5 Å². The molecule has 1 amide bonds. The molecule has 2 aromatic carbocycles. The second kappa shape index (κ2) is 8.15. The van der Waals surface area contributed by atoms with E-state index in [4.69, 9.17) is 28.5 Å². The molecule has 2 rings (SSSR count). The van der Waals surface area contributed by atoms with Crippen molar-refractivity contribution in [1.29, 1.82) is 5.26 Å². The van der Waals surface area contributed by atoms with E-state index in [1.807, 2.05) is 19.9 Å². The van der Waals surface area contributed by atoms with Crippen molar-refractivity contribution in [3.05, 3.63) is 69.2 Å². The van der Waals surface area contributed by atoms with Gasteiger partial charge in [0.05, 0.1) is 33.3 Å². The fraction of sp³-hybridized carbons (Fsp3) is 0.211. The molecular formula is C19H16Cl2N2O2. The highest BCUT2D eigenvalue weighted by atomic mass is 35.5. The predicted octanol–water partition coefficient (Wildman–Crippen LogP) is 4.50. The smallest absolute Gasteiger partial charge is 0.253 e. The van der Waals surface area contributed by atoms with Crippen LogP contribution in [0.1, 0.15) is 40.1 Å². The summed E-state index contributed by atoms with van der Waals surface area (Å²) in [5.74, 6) is -0.829. The van der Waals surface area contributed by atoms with Gasteiger partial charge in [-0.3, -0.25) is 9.59 Å². The molecular weight excluding hydrogens is 359 g/mol. The third kappa shape index (κ3) is 4.39. The van der Waals surface area contributed by atoms with Crippen LogP contribution in [0.3, 0.4) is 0 Å². The first-order valence-electron chi connectivity index (χ1n) is 7.64. The summed E-state index contributed by atoms with van der Waals surface area (Å²) in [4.78, 5) is 25.3. The van der Waals surface area contributed by atoms with Crippen LogP contribution in [0.2, 0.25) is 10.0 Å². The number of ketones is 1. The van der Waals surface area contributed by atoms with Gasteiger partial charge in [0, 0.05) is 5.56 Å². The first kappa shape index (κ1) is 19.0. The molecule has 25 heavy (non-hydrogen) atoms. The zero-order valence-corrected chi connectivity index (χ0v) is 15.2. The topological polar surface area (TPSA) is 70.0 Å². The van der Waals surface area contributed by atoms with E-state index in [1.54, 1.807) is 42.5 Å². The first-order valence-corrected chi connectivity index (χ1v) is 8.40. The number of nitriles is 1.